The minimum atomic E-state index is -0.551. The summed E-state index contributed by atoms with van der Waals surface area (Å²) in [7, 11) is 1.28. The molecule has 0 saturated carbocycles. The van der Waals surface area contributed by atoms with Gasteiger partial charge in [0.1, 0.15) is 17.1 Å². The van der Waals surface area contributed by atoms with Crippen molar-refractivity contribution in [1.29, 1.82) is 0 Å². The van der Waals surface area contributed by atoms with Gasteiger partial charge < -0.3 is 10.5 Å². The lowest BCUT2D eigenvalue weighted by atomic mass is 10.2. The van der Waals surface area contributed by atoms with Crippen LogP contribution in [-0.2, 0) is 4.74 Å². The Kier molecular flexibility index (Phi) is 3.75. The second-order valence-electron chi connectivity index (χ2n) is 3.75. The Morgan fingerprint density at radius 3 is 2.63 bits per heavy atom. The zero-order valence-electron chi connectivity index (χ0n) is 10.3. The van der Waals surface area contributed by atoms with Crippen molar-refractivity contribution in [3.05, 3.63) is 34.1 Å². The Labute approximate surface area is 118 Å². The third kappa shape index (κ3) is 2.70. The topological polar surface area (TPSA) is 91.0 Å². The fourth-order valence-electron chi connectivity index (χ4n) is 1.57. The molecule has 2 aromatic rings. The number of aryl methyl sites for hydroxylation is 1. The molecule has 0 unspecified atom stereocenters. The number of rotatable bonds is 2. The highest BCUT2D eigenvalue weighted by atomic mass is 79.9. The zero-order valence-corrected chi connectivity index (χ0v) is 11.9. The molecule has 0 fully saturated rings. The molecule has 2 rings (SSSR count). The van der Waals surface area contributed by atoms with Gasteiger partial charge in [-0.25, -0.2) is 14.8 Å². The third-order valence-corrected chi connectivity index (χ3v) is 2.93. The largest absolute Gasteiger partial charge is 0.465 e. The number of anilines is 1. The van der Waals surface area contributed by atoms with E-state index in [0.717, 1.165) is 4.47 Å². The summed E-state index contributed by atoms with van der Waals surface area (Å²) in [5.41, 5.74) is 7.00. The van der Waals surface area contributed by atoms with Crippen LogP contribution in [0.4, 0.5) is 5.82 Å². The van der Waals surface area contributed by atoms with Gasteiger partial charge in [-0.1, -0.05) is 0 Å². The normalized spacial score (nSPS) is 10.3. The van der Waals surface area contributed by atoms with Crippen molar-refractivity contribution in [2.75, 3.05) is 12.8 Å². The number of ether oxygens (including phenoxy) is 1. The van der Waals surface area contributed by atoms with Crippen LogP contribution in [0.5, 0.6) is 0 Å². The Bertz CT molecular complexity index is 605. The number of nitrogens with zero attached hydrogens (tertiary/aromatic N) is 3. The molecule has 0 aromatic carbocycles. The van der Waals surface area contributed by atoms with Crippen LogP contribution in [0.3, 0.4) is 0 Å². The second kappa shape index (κ2) is 5.31. The Hall–Kier alpha value is -2.02. The summed E-state index contributed by atoms with van der Waals surface area (Å²) in [6.07, 6.45) is 1.64. The van der Waals surface area contributed by atoms with Crippen LogP contribution in [0, 0.1) is 6.92 Å². The van der Waals surface area contributed by atoms with E-state index in [4.69, 9.17) is 5.73 Å². The maximum Gasteiger partial charge on any atom is 0.343 e. The van der Waals surface area contributed by atoms with Crippen LogP contribution in [0.2, 0.25) is 0 Å². The Balaban J connectivity index is 2.51. The number of carbonyl (C=O) groups is 1. The van der Waals surface area contributed by atoms with E-state index in [0.29, 0.717) is 17.2 Å². The van der Waals surface area contributed by atoms with E-state index in [1.54, 1.807) is 19.2 Å². The van der Waals surface area contributed by atoms with E-state index >= 15 is 0 Å². The molecule has 6 nitrogen and oxygen atoms in total. The summed E-state index contributed by atoms with van der Waals surface area (Å²) in [5, 5.41) is 0. The van der Waals surface area contributed by atoms with Gasteiger partial charge in [-0.3, -0.25) is 4.98 Å². The molecule has 2 aromatic heterocycles. The van der Waals surface area contributed by atoms with Gasteiger partial charge in [-0.05, 0) is 35.0 Å². The highest BCUT2D eigenvalue weighted by molar-refractivity contribution is 9.10. The standard InChI is InChI=1S/C12H11BrN4O2/c1-6-9(12(18)19-2)10(14)17-11(16-6)8-4-3-7(13)5-15-8/h3-5H,1-2H3,(H2,14,16,17). The number of methoxy groups -OCH3 is 1. The quantitative estimate of drug-likeness (QED) is 0.850. The minimum absolute atomic E-state index is 0.0825. The monoisotopic (exact) mass is 322 g/mol. The predicted molar refractivity (Wildman–Crippen MR) is 73.5 cm³/mol. The molecule has 98 valence electrons. The second-order valence-corrected chi connectivity index (χ2v) is 4.66. The summed E-state index contributed by atoms with van der Waals surface area (Å²) in [5.74, 6) is -0.0977. The summed E-state index contributed by atoms with van der Waals surface area (Å²) in [6.45, 7) is 1.67. The van der Waals surface area contributed by atoms with E-state index in [9.17, 15) is 4.79 Å². The molecule has 0 radical (unpaired) electrons. The number of aromatic nitrogens is 3. The Morgan fingerprint density at radius 2 is 2.11 bits per heavy atom. The van der Waals surface area contributed by atoms with Gasteiger partial charge in [0, 0.05) is 10.7 Å². The lowest BCUT2D eigenvalue weighted by molar-refractivity contribution is 0.0600. The molecule has 0 atom stereocenters. The van der Waals surface area contributed by atoms with Crippen LogP contribution >= 0.6 is 15.9 Å². The number of nitrogens with two attached hydrogens (primary N) is 1. The molecule has 2 N–H and O–H groups in total. The van der Waals surface area contributed by atoms with Gasteiger partial charge in [0.05, 0.1) is 12.8 Å². The van der Waals surface area contributed by atoms with Crippen LogP contribution in [-0.4, -0.2) is 28.0 Å². The third-order valence-electron chi connectivity index (χ3n) is 2.46. The maximum atomic E-state index is 11.5. The lowest BCUT2D eigenvalue weighted by Crippen LogP contribution is -2.12. The molecular weight excluding hydrogens is 312 g/mol. The molecule has 0 saturated heterocycles. The fourth-order valence-corrected chi connectivity index (χ4v) is 1.81. The Morgan fingerprint density at radius 1 is 1.37 bits per heavy atom. The first-order valence-corrected chi connectivity index (χ1v) is 6.16. The number of halogens is 1. The lowest BCUT2D eigenvalue weighted by Gasteiger charge is -2.08. The number of esters is 1. The van der Waals surface area contributed by atoms with Crippen LogP contribution in [0.25, 0.3) is 11.5 Å². The average Bonchev–Trinajstić information content (AvgIpc) is 2.38. The first-order chi connectivity index (χ1) is 9.02. The van der Waals surface area contributed by atoms with E-state index in [1.807, 2.05) is 6.07 Å². The van der Waals surface area contributed by atoms with E-state index in [-0.39, 0.29) is 11.4 Å². The summed E-state index contributed by atoms with van der Waals surface area (Å²) < 4.78 is 5.49. The summed E-state index contributed by atoms with van der Waals surface area (Å²) in [4.78, 5) is 24.0. The fraction of sp³-hybridized carbons (Fsp3) is 0.167. The van der Waals surface area contributed by atoms with Crippen molar-refractivity contribution in [3.8, 4) is 11.5 Å². The van der Waals surface area contributed by atoms with Crippen molar-refractivity contribution in [1.82, 2.24) is 15.0 Å². The summed E-state index contributed by atoms with van der Waals surface area (Å²) in [6, 6.07) is 3.58. The van der Waals surface area contributed by atoms with Crippen molar-refractivity contribution in [3.63, 3.8) is 0 Å². The molecular formula is C12H11BrN4O2. The molecule has 19 heavy (non-hydrogen) atoms. The first kappa shape index (κ1) is 13.4. The molecule has 0 amide bonds. The minimum Gasteiger partial charge on any atom is -0.465 e. The predicted octanol–water partition coefficient (Wildman–Crippen LogP) is 1.98. The van der Waals surface area contributed by atoms with E-state index in [1.165, 1.54) is 7.11 Å². The van der Waals surface area contributed by atoms with Crippen LogP contribution in [0.1, 0.15) is 16.1 Å². The van der Waals surface area contributed by atoms with Gasteiger partial charge >= 0.3 is 5.97 Å². The molecule has 0 spiro atoms. The highest BCUT2D eigenvalue weighted by Gasteiger charge is 2.18. The summed E-state index contributed by atoms with van der Waals surface area (Å²) >= 11 is 3.30. The number of carbonyl (C=O) groups excluding carboxylic acids is 1. The van der Waals surface area contributed by atoms with Crippen LogP contribution in [0.15, 0.2) is 22.8 Å². The van der Waals surface area contributed by atoms with Crippen molar-refractivity contribution >= 4 is 27.7 Å². The number of hydrogen-bond acceptors (Lipinski definition) is 6. The molecule has 0 aliphatic rings. The van der Waals surface area contributed by atoms with Gasteiger partial charge in [-0.2, -0.15) is 0 Å². The van der Waals surface area contributed by atoms with Gasteiger partial charge in [-0.15, -0.1) is 0 Å². The number of nitrogen functional groups attached to an aromatic ring is 1. The van der Waals surface area contributed by atoms with Crippen molar-refractivity contribution in [2.45, 2.75) is 6.92 Å². The molecule has 0 bridgehead atoms. The van der Waals surface area contributed by atoms with Gasteiger partial charge in [0.25, 0.3) is 0 Å². The smallest absolute Gasteiger partial charge is 0.343 e. The number of hydrogen-bond donors (Lipinski definition) is 1. The van der Waals surface area contributed by atoms with Crippen molar-refractivity contribution in [2.24, 2.45) is 0 Å². The molecule has 7 heteroatoms. The van der Waals surface area contributed by atoms with E-state index < -0.39 is 5.97 Å². The number of pyridine rings is 1. The van der Waals surface area contributed by atoms with Gasteiger partial charge in [0.15, 0.2) is 5.82 Å². The average molecular weight is 323 g/mol. The molecule has 0 aliphatic carbocycles. The molecule has 0 aliphatic heterocycles. The van der Waals surface area contributed by atoms with Crippen LogP contribution < -0.4 is 5.73 Å². The zero-order chi connectivity index (χ0) is 14.0. The highest BCUT2D eigenvalue weighted by Crippen LogP contribution is 2.20. The maximum absolute atomic E-state index is 11.5. The molecule has 2 heterocycles. The van der Waals surface area contributed by atoms with Gasteiger partial charge in [0.2, 0.25) is 0 Å². The van der Waals surface area contributed by atoms with Crippen molar-refractivity contribution < 1.29 is 9.53 Å². The SMILES string of the molecule is COC(=O)c1c(C)nc(-c2ccc(Br)cn2)nc1N. The first-order valence-electron chi connectivity index (χ1n) is 5.37. The van der Waals surface area contributed by atoms with E-state index in [2.05, 4.69) is 35.6 Å².